The van der Waals surface area contributed by atoms with Gasteiger partial charge in [0.15, 0.2) is 0 Å². The Kier molecular flexibility index (Phi) is 6.10. The molecule has 1 heterocycles. The number of pyridine rings is 1. The van der Waals surface area contributed by atoms with Gasteiger partial charge in [-0.1, -0.05) is 41.9 Å². The molecule has 2 aromatic carbocycles. The van der Waals surface area contributed by atoms with Gasteiger partial charge < -0.3 is 15.4 Å². The minimum absolute atomic E-state index is 0.174. The van der Waals surface area contributed by atoms with E-state index in [2.05, 4.69) is 4.98 Å². The number of hydrogen-bond acceptors (Lipinski definition) is 4. The molecule has 2 amide bonds. The van der Waals surface area contributed by atoms with Crippen molar-refractivity contribution in [3.05, 3.63) is 94.0 Å². The molecule has 8 heteroatoms. The fourth-order valence-corrected chi connectivity index (χ4v) is 4.52. The van der Waals surface area contributed by atoms with E-state index < -0.39 is 29.7 Å². The van der Waals surface area contributed by atoms with Crippen LogP contribution < -0.4 is 10.5 Å². The third kappa shape index (κ3) is 3.91. The van der Waals surface area contributed by atoms with E-state index in [0.29, 0.717) is 35.3 Å². The van der Waals surface area contributed by atoms with E-state index >= 15 is 0 Å². The Morgan fingerprint density at radius 1 is 1.25 bits per heavy atom. The molecule has 0 radical (unpaired) electrons. The predicted octanol–water partition coefficient (Wildman–Crippen LogP) is 4.24. The first-order valence-corrected chi connectivity index (χ1v) is 10.4. The van der Waals surface area contributed by atoms with Gasteiger partial charge in [0, 0.05) is 17.4 Å². The van der Waals surface area contributed by atoms with Gasteiger partial charge in [0.05, 0.1) is 18.7 Å². The van der Waals surface area contributed by atoms with Crippen LogP contribution in [0.1, 0.15) is 45.6 Å². The molecule has 1 aliphatic carbocycles. The molecule has 0 fully saturated rings. The van der Waals surface area contributed by atoms with E-state index in [4.69, 9.17) is 22.1 Å². The molecule has 6 nitrogen and oxygen atoms in total. The van der Waals surface area contributed by atoms with Gasteiger partial charge >= 0.3 is 0 Å². The average Bonchev–Trinajstić information content (AvgIpc) is 3.20. The maximum atomic E-state index is 14.6. The van der Waals surface area contributed by atoms with Crippen LogP contribution in [0.2, 0.25) is 5.02 Å². The number of fused-ring (bicyclic) bond motifs is 1. The SMILES string of the molecule is COc1ccncc1C(=O)N([C@@H]1CCc2c(F)cc(Cl)cc21)[C@@H](C(N)=O)c1ccccc1. The first-order chi connectivity index (χ1) is 15.4. The molecule has 3 aromatic rings. The summed E-state index contributed by atoms with van der Waals surface area (Å²) in [5, 5.41) is 0.217. The van der Waals surface area contributed by atoms with Crippen LogP contribution in [0.5, 0.6) is 5.75 Å². The number of aromatic nitrogens is 1. The fraction of sp³-hybridized carbons (Fsp3) is 0.208. The molecule has 32 heavy (non-hydrogen) atoms. The first-order valence-electron chi connectivity index (χ1n) is 10.0. The molecule has 0 bridgehead atoms. The zero-order valence-corrected chi connectivity index (χ0v) is 18.1. The molecule has 4 rings (SSSR count). The molecule has 2 atom stereocenters. The molecule has 0 spiro atoms. The molecule has 1 aromatic heterocycles. The molecule has 0 saturated heterocycles. The summed E-state index contributed by atoms with van der Waals surface area (Å²) >= 11 is 6.14. The zero-order chi connectivity index (χ0) is 22.8. The van der Waals surface area contributed by atoms with Gasteiger partial charge in [-0.2, -0.15) is 0 Å². The van der Waals surface area contributed by atoms with E-state index in [1.807, 2.05) is 0 Å². The molecule has 1 aliphatic rings. The van der Waals surface area contributed by atoms with Crippen LogP contribution in [0.25, 0.3) is 0 Å². The quantitative estimate of drug-likeness (QED) is 0.605. The Bertz CT molecular complexity index is 1170. The van der Waals surface area contributed by atoms with Crippen molar-refractivity contribution in [2.75, 3.05) is 7.11 Å². The Morgan fingerprint density at radius 3 is 2.69 bits per heavy atom. The monoisotopic (exact) mass is 453 g/mol. The third-order valence-electron chi connectivity index (χ3n) is 5.69. The summed E-state index contributed by atoms with van der Waals surface area (Å²) in [6.45, 7) is 0. The van der Waals surface area contributed by atoms with Gasteiger partial charge in [0.1, 0.15) is 17.6 Å². The van der Waals surface area contributed by atoms with E-state index in [9.17, 15) is 14.0 Å². The van der Waals surface area contributed by atoms with E-state index in [1.165, 1.54) is 30.5 Å². The van der Waals surface area contributed by atoms with Crippen LogP contribution in [0.3, 0.4) is 0 Å². The highest BCUT2D eigenvalue weighted by Gasteiger charge is 2.41. The number of rotatable bonds is 6. The Balaban J connectivity index is 1.91. The molecular weight excluding hydrogens is 433 g/mol. The van der Waals surface area contributed by atoms with Crippen molar-refractivity contribution in [2.24, 2.45) is 5.73 Å². The molecule has 0 unspecified atom stereocenters. The number of halogens is 2. The predicted molar refractivity (Wildman–Crippen MR) is 118 cm³/mol. The number of carbonyl (C=O) groups excluding carboxylic acids is 2. The third-order valence-corrected chi connectivity index (χ3v) is 5.90. The molecule has 2 N–H and O–H groups in total. The second kappa shape index (κ2) is 8.96. The number of ether oxygens (including phenoxy) is 1. The van der Waals surface area contributed by atoms with Crippen molar-refractivity contribution in [3.8, 4) is 5.75 Å². The van der Waals surface area contributed by atoms with Crippen LogP contribution >= 0.6 is 11.6 Å². The van der Waals surface area contributed by atoms with Crippen LogP contribution in [0.4, 0.5) is 4.39 Å². The summed E-state index contributed by atoms with van der Waals surface area (Å²) in [5.41, 5.74) is 7.59. The normalized spacial score (nSPS) is 15.7. The van der Waals surface area contributed by atoms with Gasteiger partial charge in [-0.15, -0.1) is 0 Å². The summed E-state index contributed by atoms with van der Waals surface area (Å²) < 4.78 is 20.0. The molecule has 0 saturated carbocycles. The first kappa shape index (κ1) is 21.8. The number of carbonyl (C=O) groups is 2. The summed E-state index contributed by atoms with van der Waals surface area (Å²) in [6, 6.07) is 11.5. The van der Waals surface area contributed by atoms with Crippen molar-refractivity contribution in [3.63, 3.8) is 0 Å². The number of amides is 2. The minimum Gasteiger partial charge on any atom is -0.496 e. The van der Waals surface area contributed by atoms with E-state index in [0.717, 1.165) is 0 Å². The lowest BCUT2D eigenvalue weighted by atomic mass is 9.98. The lowest BCUT2D eigenvalue weighted by Gasteiger charge is -2.36. The Morgan fingerprint density at radius 2 is 2.00 bits per heavy atom. The Hall–Kier alpha value is -3.45. The highest BCUT2D eigenvalue weighted by Crippen LogP contribution is 2.43. The van der Waals surface area contributed by atoms with Gasteiger partial charge in [0.2, 0.25) is 5.91 Å². The largest absolute Gasteiger partial charge is 0.496 e. The molecule has 164 valence electrons. The summed E-state index contributed by atoms with van der Waals surface area (Å²) in [6.07, 6.45) is 3.70. The zero-order valence-electron chi connectivity index (χ0n) is 17.3. The van der Waals surface area contributed by atoms with Crippen molar-refractivity contribution in [1.29, 1.82) is 0 Å². The number of primary amides is 1. The average molecular weight is 454 g/mol. The summed E-state index contributed by atoms with van der Waals surface area (Å²) in [5.74, 6) is -1.33. The van der Waals surface area contributed by atoms with Gasteiger partial charge in [-0.05, 0) is 47.7 Å². The van der Waals surface area contributed by atoms with Crippen molar-refractivity contribution < 1.29 is 18.7 Å². The standard InChI is InChI=1S/C24H21ClFN3O3/c1-32-21-9-10-28-13-18(21)24(31)29(22(23(27)30)14-5-3-2-4-6-14)20-8-7-16-17(20)11-15(25)12-19(16)26/h2-6,9-13,20,22H,7-8H2,1H3,(H2,27,30)/t20-,22-/m1/s1. The Labute approximate surface area is 189 Å². The second-order valence-electron chi connectivity index (χ2n) is 7.51. The molecule has 0 aliphatic heterocycles. The second-order valence-corrected chi connectivity index (χ2v) is 7.95. The highest BCUT2D eigenvalue weighted by molar-refractivity contribution is 6.30. The van der Waals surface area contributed by atoms with Crippen molar-refractivity contribution in [1.82, 2.24) is 9.88 Å². The van der Waals surface area contributed by atoms with E-state index in [-0.39, 0.29) is 10.6 Å². The minimum atomic E-state index is -1.09. The van der Waals surface area contributed by atoms with Gasteiger partial charge in [0.25, 0.3) is 5.91 Å². The van der Waals surface area contributed by atoms with E-state index in [1.54, 1.807) is 42.5 Å². The van der Waals surface area contributed by atoms with Crippen molar-refractivity contribution in [2.45, 2.75) is 24.9 Å². The maximum Gasteiger partial charge on any atom is 0.260 e. The van der Waals surface area contributed by atoms with Crippen LogP contribution in [0, 0.1) is 5.82 Å². The van der Waals surface area contributed by atoms with Gasteiger partial charge in [-0.3, -0.25) is 14.6 Å². The summed E-state index contributed by atoms with van der Waals surface area (Å²) in [7, 11) is 1.44. The van der Waals surface area contributed by atoms with Crippen LogP contribution in [0.15, 0.2) is 60.9 Å². The smallest absolute Gasteiger partial charge is 0.260 e. The lowest BCUT2D eigenvalue weighted by molar-refractivity contribution is -0.123. The number of methoxy groups -OCH3 is 1. The van der Waals surface area contributed by atoms with Gasteiger partial charge in [-0.25, -0.2) is 4.39 Å². The fourth-order valence-electron chi connectivity index (χ4n) is 4.31. The summed E-state index contributed by atoms with van der Waals surface area (Å²) in [4.78, 5) is 32.0. The topological polar surface area (TPSA) is 85.5 Å². The molecular formula is C24H21ClFN3O3. The van der Waals surface area contributed by atoms with Crippen LogP contribution in [-0.2, 0) is 11.2 Å². The number of nitrogens with two attached hydrogens (primary N) is 1. The highest BCUT2D eigenvalue weighted by atomic mass is 35.5. The number of nitrogens with zero attached hydrogens (tertiary/aromatic N) is 2. The number of benzene rings is 2. The van der Waals surface area contributed by atoms with Crippen molar-refractivity contribution >= 4 is 23.4 Å². The number of hydrogen-bond donors (Lipinski definition) is 1. The maximum absolute atomic E-state index is 14.6. The van der Waals surface area contributed by atoms with Crippen LogP contribution in [-0.4, -0.2) is 28.8 Å². The lowest BCUT2D eigenvalue weighted by Crippen LogP contribution is -2.43.